The minimum Gasteiger partial charge on any atom is -0.491 e. The normalized spacial score (nSPS) is 14.9. The van der Waals surface area contributed by atoms with E-state index in [0.29, 0.717) is 29.0 Å². The van der Waals surface area contributed by atoms with Crippen LogP contribution in [0.2, 0.25) is 5.02 Å². The lowest BCUT2D eigenvalue weighted by molar-refractivity contribution is 0.0663. The van der Waals surface area contributed by atoms with E-state index < -0.39 is 6.10 Å². The Bertz CT molecular complexity index is 1510. The zero-order chi connectivity index (χ0) is 27.5. The van der Waals surface area contributed by atoms with Crippen LogP contribution in [0.1, 0.15) is 16.7 Å². The van der Waals surface area contributed by atoms with Crippen LogP contribution in [-0.4, -0.2) is 55.4 Å². The monoisotopic (exact) mass is 548 g/mol. The molecule has 7 nitrogen and oxygen atoms in total. The zero-order valence-corrected chi connectivity index (χ0v) is 23.2. The molecule has 0 unspecified atom stereocenters. The Morgan fingerprint density at radius 3 is 2.46 bits per heavy atom. The molecule has 39 heavy (non-hydrogen) atoms. The fraction of sp³-hybridized carbons (Fsp3) is 0.323. The predicted molar refractivity (Wildman–Crippen MR) is 155 cm³/mol. The number of anilines is 1. The van der Waals surface area contributed by atoms with Crippen molar-refractivity contribution >= 4 is 28.3 Å². The minimum absolute atomic E-state index is 0.127. The maximum absolute atomic E-state index is 13.0. The lowest BCUT2D eigenvalue weighted by Crippen LogP contribution is -2.49. The van der Waals surface area contributed by atoms with Gasteiger partial charge in [0.25, 0.3) is 0 Å². The number of fused-ring (bicyclic) bond motifs is 1. The van der Waals surface area contributed by atoms with Crippen LogP contribution in [0, 0.1) is 20.8 Å². The number of aliphatic hydroxyl groups is 1. The number of nitrogens with zero attached hydrogens (tertiary/aromatic N) is 2. The van der Waals surface area contributed by atoms with Crippen LogP contribution in [0.25, 0.3) is 11.0 Å². The minimum atomic E-state index is -0.652. The lowest BCUT2D eigenvalue weighted by Gasteiger charge is -2.37. The second-order valence-corrected chi connectivity index (χ2v) is 10.6. The number of hydrogen-bond donors (Lipinski definition) is 1. The van der Waals surface area contributed by atoms with Gasteiger partial charge in [0.1, 0.15) is 36.1 Å². The summed E-state index contributed by atoms with van der Waals surface area (Å²) in [5.41, 5.74) is 4.50. The van der Waals surface area contributed by atoms with Crippen molar-refractivity contribution in [2.24, 2.45) is 0 Å². The molecule has 1 aromatic heterocycles. The first-order chi connectivity index (χ1) is 18.8. The number of β-amino-alcohol motifs (C(OH)–C–C–N with tert-alkyl or cyclic N) is 1. The Hall–Kier alpha value is -3.52. The van der Waals surface area contributed by atoms with Gasteiger partial charge in [-0.1, -0.05) is 23.7 Å². The molecule has 0 radical (unpaired) electrons. The standard InChI is InChI=1S/C31H33ClN2O5/c1-20-13-21(2)15-25(14-20)39-30-19-38-29-16-24(7-8-26(29)31(30)36)37-18-23(35)17-33-9-11-34(12-10-33)28-6-4-5-27(32)22(28)3/h4-8,13-16,19,23,35H,9-12,17-18H2,1-3H3/t23-/m0/s1. The van der Waals surface area contributed by atoms with Gasteiger partial charge in [-0.2, -0.15) is 0 Å². The third kappa shape index (κ3) is 6.38. The Morgan fingerprint density at radius 2 is 1.72 bits per heavy atom. The van der Waals surface area contributed by atoms with E-state index in [4.69, 9.17) is 25.5 Å². The first-order valence-electron chi connectivity index (χ1n) is 13.1. The highest BCUT2D eigenvalue weighted by atomic mass is 35.5. The first kappa shape index (κ1) is 27.1. The molecule has 2 heterocycles. The molecule has 204 valence electrons. The summed E-state index contributed by atoms with van der Waals surface area (Å²) in [7, 11) is 0. The van der Waals surface area contributed by atoms with E-state index in [1.807, 2.05) is 51.1 Å². The van der Waals surface area contributed by atoms with Crippen molar-refractivity contribution in [2.75, 3.05) is 44.2 Å². The van der Waals surface area contributed by atoms with Crippen LogP contribution in [0.5, 0.6) is 17.2 Å². The van der Waals surface area contributed by atoms with Gasteiger partial charge < -0.3 is 23.9 Å². The van der Waals surface area contributed by atoms with Gasteiger partial charge in [-0.15, -0.1) is 0 Å². The first-order valence-corrected chi connectivity index (χ1v) is 13.5. The van der Waals surface area contributed by atoms with Gasteiger partial charge in [0.15, 0.2) is 0 Å². The van der Waals surface area contributed by atoms with E-state index in [-0.39, 0.29) is 17.8 Å². The van der Waals surface area contributed by atoms with Crippen LogP contribution in [0.3, 0.4) is 0 Å². The van der Waals surface area contributed by atoms with Crippen LogP contribution in [0.15, 0.2) is 70.1 Å². The van der Waals surface area contributed by atoms with E-state index in [1.165, 1.54) is 6.26 Å². The Labute approximate surface area is 233 Å². The van der Waals surface area contributed by atoms with Gasteiger partial charge in [0.2, 0.25) is 11.2 Å². The van der Waals surface area contributed by atoms with Gasteiger partial charge in [0.05, 0.1) is 5.39 Å². The number of hydrogen-bond acceptors (Lipinski definition) is 7. The van der Waals surface area contributed by atoms with Crippen molar-refractivity contribution in [3.63, 3.8) is 0 Å². The highest BCUT2D eigenvalue weighted by Gasteiger charge is 2.21. The number of benzene rings is 3. The largest absolute Gasteiger partial charge is 0.491 e. The molecule has 5 rings (SSSR count). The van der Waals surface area contributed by atoms with E-state index in [9.17, 15) is 9.90 Å². The SMILES string of the molecule is Cc1cc(C)cc(Oc2coc3cc(OC[C@@H](O)CN4CCN(c5cccc(Cl)c5C)CC4)ccc3c2=O)c1. The van der Waals surface area contributed by atoms with Crippen molar-refractivity contribution < 1.29 is 19.0 Å². The van der Waals surface area contributed by atoms with Gasteiger partial charge in [-0.3, -0.25) is 9.69 Å². The molecule has 0 spiro atoms. The topological polar surface area (TPSA) is 75.4 Å². The molecule has 1 aliphatic rings. The molecule has 0 amide bonds. The summed E-state index contributed by atoms with van der Waals surface area (Å²) in [6.07, 6.45) is 0.673. The number of rotatable bonds is 8. The third-order valence-corrected chi connectivity index (χ3v) is 7.41. The second kappa shape index (κ2) is 11.7. The molecule has 1 saturated heterocycles. The Kier molecular flexibility index (Phi) is 8.12. The van der Waals surface area contributed by atoms with Gasteiger partial charge in [0, 0.05) is 49.5 Å². The van der Waals surface area contributed by atoms with Gasteiger partial charge >= 0.3 is 0 Å². The average Bonchev–Trinajstić information content (AvgIpc) is 2.91. The number of aryl methyl sites for hydroxylation is 2. The summed E-state index contributed by atoms with van der Waals surface area (Å²) in [5.74, 6) is 1.24. The molecule has 3 aromatic carbocycles. The number of halogens is 1. The molecule has 1 atom stereocenters. The highest BCUT2D eigenvalue weighted by molar-refractivity contribution is 6.31. The zero-order valence-electron chi connectivity index (χ0n) is 22.4. The summed E-state index contributed by atoms with van der Waals surface area (Å²) in [6.45, 7) is 10.1. The van der Waals surface area contributed by atoms with Crippen molar-refractivity contribution in [3.05, 3.63) is 92.8 Å². The maximum atomic E-state index is 13.0. The molecule has 0 bridgehead atoms. The highest BCUT2D eigenvalue weighted by Crippen LogP contribution is 2.28. The predicted octanol–water partition coefficient (Wildman–Crippen LogP) is 5.73. The van der Waals surface area contributed by atoms with E-state index in [2.05, 4.69) is 15.9 Å². The molecular weight excluding hydrogens is 516 g/mol. The fourth-order valence-electron chi connectivity index (χ4n) is 5.02. The summed E-state index contributed by atoms with van der Waals surface area (Å²) in [4.78, 5) is 17.5. The summed E-state index contributed by atoms with van der Waals surface area (Å²) in [6, 6.07) is 16.8. The van der Waals surface area contributed by atoms with E-state index >= 15 is 0 Å². The average molecular weight is 549 g/mol. The summed E-state index contributed by atoms with van der Waals surface area (Å²) >= 11 is 6.29. The van der Waals surface area contributed by atoms with Crippen LogP contribution >= 0.6 is 11.6 Å². The molecule has 0 aliphatic carbocycles. The van der Waals surface area contributed by atoms with Gasteiger partial charge in [-0.25, -0.2) is 0 Å². The third-order valence-electron chi connectivity index (χ3n) is 7.00. The Balaban J connectivity index is 1.15. The smallest absolute Gasteiger partial charge is 0.235 e. The van der Waals surface area contributed by atoms with E-state index in [1.54, 1.807) is 18.2 Å². The van der Waals surface area contributed by atoms with E-state index in [0.717, 1.165) is 53.6 Å². The quantitative estimate of drug-likeness (QED) is 0.301. The molecule has 1 aliphatic heterocycles. The van der Waals surface area contributed by atoms with Crippen LogP contribution < -0.4 is 19.8 Å². The second-order valence-electron chi connectivity index (χ2n) is 10.1. The molecule has 1 fully saturated rings. The summed E-state index contributed by atoms with van der Waals surface area (Å²) in [5, 5.41) is 11.8. The lowest BCUT2D eigenvalue weighted by atomic mass is 10.1. The number of ether oxygens (including phenoxy) is 2. The van der Waals surface area contributed by atoms with Gasteiger partial charge in [-0.05, 0) is 73.9 Å². The molecule has 8 heteroatoms. The number of aliphatic hydroxyl groups excluding tert-OH is 1. The molecule has 4 aromatic rings. The maximum Gasteiger partial charge on any atom is 0.235 e. The van der Waals surface area contributed by atoms with Crippen LogP contribution in [0.4, 0.5) is 5.69 Å². The molecular formula is C31H33ClN2O5. The van der Waals surface area contributed by atoms with Crippen molar-refractivity contribution in [1.29, 1.82) is 0 Å². The van der Waals surface area contributed by atoms with Crippen molar-refractivity contribution in [3.8, 4) is 17.2 Å². The molecule has 1 N–H and O–H groups in total. The fourth-order valence-corrected chi connectivity index (χ4v) is 5.19. The van der Waals surface area contributed by atoms with Crippen LogP contribution in [-0.2, 0) is 0 Å². The van der Waals surface area contributed by atoms with Crippen molar-refractivity contribution in [1.82, 2.24) is 4.90 Å². The Morgan fingerprint density at radius 1 is 0.974 bits per heavy atom. The number of piperazine rings is 1. The molecule has 0 saturated carbocycles. The van der Waals surface area contributed by atoms with Crippen molar-refractivity contribution in [2.45, 2.75) is 26.9 Å². The summed E-state index contributed by atoms with van der Waals surface area (Å²) < 4.78 is 17.4.